The number of pyridine rings is 1. The number of carbonyl (C=O) groups is 1. The molecule has 0 bridgehead atoms. The SMILES string of the molecule is COCCOCOc1ccccc1N1CCN(CCN(C(=O)C2(CO)CCCCC2)c2ccccn2)CC1. The lowest BCUT2D eigenvalue weighted by Crippen LogP contribution is -2.52. The largest absolute Gasteiger partial charge is 0.465 e. The molecule has 1 aliphatic carbocycles. The zero-order chi connectivity index (χ0) is 26.6. The van der Waals surface area contributed by atoms with Gasteiger partial charge in [-0.25, -0.2) is 4.98 Å². The molecular formula is C29H42N4O5. The van der Waals surface area contributed by atoms with Gasteiger partial charge in [0.25, 0.3) is 0 Å². The van der Waals surface area contributed by atoms with Gasteiger partial charge in [0.2, 0.25) is 5.91 Å². The first-order valence-corrected chi connectivity index (χ1v) is 13.8. The van der Waals surface area contributed by atoms with Gasteiger partial charge in [-0.2, -0.15) is 0 Å². The number of piperazine rings is 1. The number of hydrogen-bond donors (Lipinski definition) is 1. The van der Waals surface area contributed by atoms with Crippen molar-refractivity contribution in [2.45, 2.75) is 32.1 Å². The molecule has 1 aromatic heterocycles. The molecule has 2 aromatic rings. The van der Waals surface area contributed by atoms with Gasteiger partial charge in [0, 0.05) is 52.6 Å². The van der Waals surface area contributed by atoms with Gasteiger partial charge >= 0.3 is 0 Å². The molecule has 1 saturated carbocycles. The Bertz CT molecular complexity index is 978. The van der Waals surface area contributed by atoms with Crippen LogP contribution in [-0.2, 0) is 14.3 Å². The second-order valence-corrected chi connectivity index (χ2v) is 10.1. The van der Waals surface area contributed by atoms with Crippen molar-refractivity contribution in [3.8, 4) is 5.75 Å². The highest BCUT2D eigenvalue weighted by molar-refractivity contribution is 5.97. The van der Waals surface area contributed by atoms with Crippen molar-refractivity contribution in [1.82, 2.24) is 9.88 Å². The van der Waals surface area contributed by atoms with Crippen molar-refractivity contribution in [1.29, 1.82) is 0 Å². The number of aromatic nitrogens is 1. The molecule has 208 valence electrons. The number of anilines is 2. The first-order valence-electron chi connectivity index (χ1n) is 13.8. The fourth-order valence-electron chi connectivity index (χ4n) is 5.39. The highest BCUT2D eigenvalue weighted by Crippen LogP contribution is 2.38. The maximum atomic E-state index is 13.8. The number of aliphatic hydroxyl groups excluding tert-OH is 1. The van der Waals surface area contributed by atoms with E-state index in [1.54, 1.807) is 18.2 Å². The molecule has 1 amide bonds. The molecule has 2 aliphatic rings. The first kappa shape index (κ1) is 28.3. The standard InChI is InChI=1S/C29H42N4O5/c1-36-21-22-37-24-38-26-10-4-3-9-25(26)32-18-15-31(16-19-32)17-20-33(27-11-5-8-14-30-27)28(35)29(23-34)12-6-2-7-13-29/h3-5,8-11,14,34H,2,6-7,12-13,15-24H2,1H3. The molecule has 4 rings (SSSR count). The normalized spacial score (nSPS) is 17.8. The van der Waals surface area contributed by atoms with Crippen molar-refractivity contribution in [2.75, 3.05) is 82.8 Å². The molecule has 2 fully saturated rings. The van der Waals surface area contributed by atoms with Crippen LogP contribution in [0.1, 0.15) is 32.1 Å². The van der Waals surface area contributed by atoms with E-state index < -0.39 is 5.41 Å². The molecule has 2 heterocycles. The summed E-state index contributed by atoms with van der Waals surface area (Å²) >= 11 is 0. The molecule has 0 radical (unpaired) electrons. The maximum absolute atomic E-state index is 13.8. The predicted octanol–water partition coefficient (Wildman–Crippen LogP) is 3.18. The summed E-state index contributed by atoms with van der Waals surface area (Å²) in [6, 6.07) is 13.7. The number of aliphatic hydroxyl groups is 1. The molecular weight excluding hydrogens is 484 g/mol. The first-order chi connectivity index (χ1) is 18.7. The second kappa shape index (κ2) is 14.4. The van der Waals surface area contributed by atoms with Gasteiger partial charge in [-0.15, -0.1) is 0 Å². The summed E-state index contributed by atoms with van der Waals surface area (Å²) in [6.45, 7) is 5.92. The smallest absolute Gasteiger partial charge is 0.236 e. The number of para-hydroxylation sites is 2. The van der Waals surface area contributed by atoms with E-state index in [0.29, 0.717) is 25.6 Å². The second-order valence-electron chi connectivity index (χ2n) is 10.1. The Kier molecular flexibility index (Phi) is 10.7. The zero-order valence-corrected chi connectivity index (χ0v) is 22.6. The minimum atomic E-state index is -0.689. The minimum Gasteiger partial charge on any atom is -0.465 e. The van der Waals surface area contributed by atoms with Crippen LogP contribution < -0.4 is 14.5 Å². The van der Waals surface area contributed by atoms with Gasteiger partial charge in [-0.05, 0) is 37.1 Å². The Labute approximate surface area is 226 Å². The van der Waals surface area contributed by atoms with E-state index in [1.807, 2.05) is 36.4 Å². The highest BCUT2D eigenvalue weighted by atomic mass is 16.7. The monoisotopic (exact) mass is 526 g/mol. The average molecular weight is 527 g/mol. The van der Waals surface area contributed by atoms with E-state index in [0.717, 1.165) is 76.3 Å². The van der Waals surface area contributed by atoms with Gasteiger partial charge in [-0.1, -0.05) is 37.5 Å². The lowest BCUT2D eigenvalue weighted by Gasteiger charge is -2.40. The van der Waals surface area contributed by atoms with Gasteiger partial charge < -0.3 is 24.2 Å². The van der Waals surface area contributed by atoms with E-state index in [1.165, 1.54) is 0 Å². The van der Waals surface area contributed by atoms with Gasteiger partial charge in [0.1, 0.15) is 11.6 Å². The molecule has 1 saturated heterocycles. The zero-order valence-electron chi connectivity index (χ0n) is 22.6. The van der Waals surface area contributed by atoms with E-state index in [4.69, 9.17) is 14.2 Å². The molecule has 0 atom stereocenters. The molecule has 0 unspecified atom stereocenters. The quantitative estimate of drug-likeness (QED) is 0.315. The van der Waals surface area contributed by atoms with Crippen molar-refractivity contribution in [2.24, 2.45) is 5.41 Å². The molecule has 9 nitrogen and oxygen atoms in total. The number of carbonyl (C=O) groups excluding carboxylic acids is 1. The third-order valence-corrected chi connectivity index (χ3v) is 7.69. The van der Waals surface area contributed by atoms with Crippen LogP contribution in [0, 0.1) is 5.41 Å². The summed E-state index contributed by atoms with van der Waals surface area (Å²) in [6.07, 6.45) is 6.29. The van der Waals surface area contributed by atoms with Gasteiger partial charge in [0.05, 0.1) is 30.9 Å². The Morgan fingerprint density at radius 3 is 2.50 bits per heavy atom. The molecule has 0 spiro atoms. The van der Waals surface area contributed by atoms with E-state index in [2.05, 4.69) is 20.9 Å². The number of ether oxygens (including phenoxy) is 3. The van der Waals surface area contributed by atoms with Crippen LogP contribution >= 0.6 is 0 Å². The van der Waals surface area contributed by atoms with E-state index >= 15 is 0 Å². The Morgan fingerprint density at radius 2 is 1.79 bits per heavy atom. The van der Waals surface area contributed by atoms with Gasteiger partial charge in [-0.3, -0.25) is 14.6 Å². The molecule has 1 aliphatic heterocycles. The van der Waals surface area contributed by atoms with Crippen LogP contribution in [0.3, 0.4) is 0 Å². The van der Waals surface area contributed by atoms with Crippen LogP contribution in [0.5, 0.6) is 5.75 Å². The highest BCUT2D eigenvalue weighted by Gasteiger charge is 2.42. The topological polar surface area (TPSA) is 87.6 Å². The van der Waals surface area contributed by atoms with Crippen molar-refractivity contribution in [3.05, 3.63) is 48.7 Å². The average Bonchev–Trinajstić information content (AvgIpc) is 2.98. The van der Waals surface area contributed by atoms with Gasteiger partial charge in [0.15, 0.2) is 6.79 Å². The van der Waals surface area contributed by atoms with Crippen LogP contribution in [0.25, 0.3) is 0 Å². The van der Waals surface area contributed by atoms with Crippen molar-refractivity contribution in [3.63, 3.8) is 0 Å². The van der Waals surface area contributed by atoms with Crippen LogP contribution in [0.2, 0.25) is 0 Å². The molecule has 1 N–H and O–H groups in total. The fourth-order valence-corrected chi connectivity index (χ4v) is 5.39. The number of nitrogens with zero attached hydrogens (tertiary/aromatic N) is 4. The number of methoxy groups -OCH3 is 1. The molecule has 1 aromatic carbocycles. The number of amides is 1. The van der Waals surface area contributed by atoms with Crippen LogP contribution in [0.15, 0.2) is 48.7 Å². The number of rotatable bonds is 13. The Hall–Kier alpha value is -2.72. The minimum absolute atomic E-state index is 0.0100. The van der Waals surface area contributed by atoms with Crippen molar-refractivity contribution >= 4 is 17.4 Å². The van der Waals surface area contributed by atoms with Crippen LogP contribution in [0.4, 0.5) is 11.5 Å². The van der Waals surface area contributed by atoms with Crippen molar-refractivity contribution < 1.29 is 24.1 Å². The third kappa shape index (κ3) is 7.22. The summed E-state index contributed by atoms with van der Waals surface area (Å²) < 4.78 is 16.4. The van der Waals surface area contributed by atoms with E-state index in [9.17, 15) is 9.90 Å². The summed E-state index contributed by atoms with van der Waals surface area (Å²) in [4.78, 5) is 24.8. The summed E-state index contributed by atoms with van der Waals surface area (Å²) in [5, 5.41) is 10.3. The summed E-state index contributed by atoms with van der Waals surface area (Å²) in [5.41, 5.74) is 0.376. The lowest BCUT2D eigenvalue weighted by molar-refractivity contribution is -0.133. The van der Waals surface area contributed by atoms with E-state index in [-0.39, 0.29) is 19.3 Å². The fraction of sp³-hybridized carbons (Fsp3) is 0.586. The summed E-state index contributed by atoms with van der Waals surface area (Å²) in [5.74, 6) is 1.48. The van der Waals surface area contributed by atoms with Crippen LogP contribution in [-0.4, -0.2) is 93.9 Å². The summed E-state index contributed by atoms with van der Waals surface area (Å²) in [7, 11) is 1.65. The lowest BCUT2D eigenvalue weighted by atomic mass is 9.73. The number of hydrogen-bond acceptors (Lipinski definition) is 8. The molecule has 38 heavy (non-hydrogen) atoms. The Balaban J connectivity index is 1.34. The molecule has 9 heteroatoms. The number of benzene rings is 1. The Morgan fingerprint density at radius 1 is 1.03 bits per heavy atom. The predicted molar refractivity (Wildman–Crippen MR) is 148 cm³/mol. The third-order valence-electron chi connectivity index (χ3n) is 7.69. The maximum Gasteiger partial charge on any atom is 0.236 e.